The fourth-order valence-electron chi connectivity index (χ4n) is 2.68. The van der Waals surface area contributed by atoms with E-state index in [1.165, 1.54) is 29.9 Å². The molecule has 0 radical (unpaired) electrons. The molecule has 2 aromatic carbocycles. The molecule has 1 N–H and O–H groups in total. The van der Waals surface area contributed by atoms with E-state index in [9.17, 15) is 4.79 Å². The third-order valence-electron chi connectivity index (χ3n) is 4.03. The minimum Gasteiger partial charge on any atom is -0.466 e. The van der Waals surface area contributed by atoms with Gasteiger partial charge in [-0.2, -0.15) is 0 Å². The smallest absolute Gasteiger partial charge is 0.278 e. The topological polar surface area (TPSA) is 81.4 Å². The van der Waals surface area contributed by atoms with Crippen LogP contribution in [-0.4, -0.2) is 27.0 Å². The van der Waals surface area contributed by atoms with Crippen LogP contribution in [0, 0.1) is 0 Å². The summed E-state index contributed by atoms with van der Waals surface area (Å²) in [5.41, 5.74) is 5.39. The Morgan fingerprint density at radius 1 is 1.13 bits per heavy atom. The highest BCUT2D eigenvalue weighted by Crippen LogP contribution is 2.24. The van der Waals surface area contributed by atoms with Gasteiger partial charge in [0.05, 0.1) is 11.9 Å². The van der Waals surface area contributed by atoms with Gasteiger partial charge in [0.15, 0.2) is 6.61 Å². The van der Waals surface area contributed by atoms with Crippen LogP contribution in [0.4, 0.5) is 0 Å². The Morgan fingerprint density at radius 2 is 1.93 bits per heavy atom. The average molecular weight is 438 g/mol. The lowest BCUT2D eigenvalue weighted by molar-refractivity contribution is -0.123. The monoisotopic (exact) mass is 437 g/mol. The van der Waals surface area contributed by atoms with E-state index in [1.54, 1.807) is 0 Å². The molecule has 0 fully saturated rings. The molecule has 150 valence electrons. The van der Waals surface area contributed by atoms with Crippen molar-refractivity contribution in [2.75, 3.05) is 6.61 Å². The van der Waals surface area contributed by atoms with Crippen LogP contribution in [0.1, 0.15) is 0 Å². The summed E-state index contributed by atoms with van der Waals surface area (Å²) in [5, 5.41) is 6.93. The number of carbonyl (C=O) groups is 1. The van der Waals surface area contributed by atoms with Gasteiger partial charge in [-0.15, -0.1) is 16.4 Å². The number of carbonyl (C=O) groups excluding carboxylic acids is 1. The number of benzene rings is 2. The molecule has 2 heterocycles. The number of amides is 1. The van der Waals surface area contributed by atoms with E-state index in [0.717, 1.165) is 16.9 Å². The summed E-state index contributed by atoms with van der Waals surface area (Å²) in [7, 11) is 0. The lowest BCUT2D eigenvalue weighted by Gasteiger charge is -2.09. The van der Waals surface area contributed by atoms with Gasteiger partial charge < -0.3 is 4.74 Å². The Bertz CT molecular complexity index is 1190. The van der Waals surface area contributed by atoms with Crippen molar-refractivity contribution in [1.82, 2.24) is 20.0 Å². The third-order valence-corrected chi connectivity index (χ3v) is 5.11. The standard InChI is InChI=1S/C21H16ClN5O2S/c22-16-6-8-17(9-7-16)27-18(15-4-2-1-3-5-15)14-30-21(27)26-25-19(28)13-29-20-12-23-10-11-24-20/h1-12,14H,13H2,(H,25,28)/b26-21-. The number of nitrogens with one attached hydrogen (secondary N) is 1. The number of aromatic nitrogens is 3. The fourth-order valence-corrected chi connectivity index (χ4v) is 3.67. The summed E-state index contributed by atoms with van der Waals surface area (Å²) >= 11 is 7.46. The molecule has 4 rings (SSSR count). The molecule has 1 amide bonds. The van der Waals surface area contributed by atoms with Crippen molar-refractivity contribution in [3.8, 4) is 22.8 Å². The van der Waals surface area contributed by atoms with E-state index >= 15 is 0 Å². The van der Waals surface area contributed by atoms with Gasteiger partial charge in [0.2, 0.25) is 10.7 Å². The zero-order chi connectivity index (χ0) is 20.8. The van der Waals surface area contributed by atoms with Crippen molar-refractivity contribution >= 4 is 28.8 Å². The molecule has 30 heavy (non-hydrogen) atoms. The van der Waals surface area contributed by atoms with Crippen LogP contribution < -0.4 is 15.0 Å². The minimum atomic E-state index is -0.405. The summed E-state index contributed by atoms with van der Waals surface area (Å²) in [4.78, 5) is 20.6. The van der Waals surface area contributed by atoms with Crippen molar-refractivity contribution in [2.45, 2.75) is 0 Å². The Balaban J connectivity index is 1.61. The Kier molecular flexibility index (Phi) is 6.17. The number of thiazole rings is 1. The highest BCUT2D eigenvalue weighted by Gasteiger charge is 2.11. The fraction of sp³-hybridized carbons (Fsp3) is 0.0476. The molecule has 0 unspecified atom stereocenters. The van der Waals surface area contributed by atoms with Crippen LogP contribution in [0.5, 0.6) is 5.88 Å². The van der Waals surface area contributed by atoms with Gasteiger partial charge in [-0.25, -0.2) is 10.4 Å². The van der Waals surface area contributed by atoms with E-state index in [2.05, 4.69) is 20.5 Å². The van der Waals surface area contributed by atoms with Crippen LogP contribution in [0.2, 0.25) is 5.02 Å². The lowest BCUT2D eigenvalue weighted by Crippen LogP contribution is -2.28. The number of ether oxygens (including phenoxy) is 1. The maximum absolute atomic E-state index is 12.2. The second-order valence-corrected chi connectivity index (χ2v) is 7.33. The minimum absolute atomic E-state index is 0.222. The van der Waals surface area contributed by atoms with Gasteiger partial charge in [0.25, 0.3) is 5.91 Å². The van der Waals surface area contributed by atoms with Crippen molar-refractivity contribution in [3.05, 3.63) is 88.4 Å². The molecule has 2 aromatic heterocycles. The van der Waals surface area contributed by atoms with Gasteiger partial charge in [0.1, 0.15) is 0 Å². The largest absolute Gasteiger partial charge is 0.466 e. The first-order valence-corrected chi connectivity index (χ1v) is 10.2. The van der Waals surface area contributed by atoms with Crippen LogP contribution >= 0.6 is 22.9 Å². The van der Waals surface area contributed by atoms with Crippen LogP contribution in [0.15, 0.2) is 83.7 Å². The highest BCUT2D eigenvalue weighted by atomic mass is 35.5. The average Bonchev–Trinajstić information content (AvgIpc) is 3.22. The van der Waals surface area contributed by atoms with Crippen LogP contribution in [-0.2, 0) is 4.79 Å². The Labute approximate surface area is 181 Å². The molecular formula is C21H16ClN5O2S. The molecule has 0 saturated heterocycles. The van der Waals surface area contributed by atoms with E-state index in [-0.39, 0.29) is 12.5 Å². The molecule has 7 nitrogen and oxygen atoms in total. The zero-order valence-electron chi connectivity index (χ0n) is 15.6. The molecule has 0 atom stereocenters. The van der Waals surface area contributed by atoms with Gasteiger partial charge in [0, 0.05) is 28.5 Å². The van der Waals surface area contributed by atoms with E-state index < -0.39 is 5.91 Å². The maximum Gasteiger partial charge on any atom is 0.278 e. The number of nitrogens with zero attached hydrogens (tertiary/aromatic N) is 4. The molecule has 0 aliphatic rings. The second kappa shape index (κ2) is 9.34. The van der Waals surface area contributed by atoms with Crippen molar-refractivity contribution < 1.29 is 9.53 Å². The third kappa shape index (κ3) is 4.73. The molecule has 0 aliphatic heterocycles. The normalized spacial score (nSPS) is 11.3. The summed E-state index contributed by atoms with van der Waals surface area (Å²) in [5.74, 6) is -0.135. The number of halogens is 1. The lowest BCUT2D eigenvalue weighted by atomic mass is 10.1. The molecule has 9 heteroatoms. The van der Waals surface area contributed by atoms with Gasteiger partial charge >= 0.3 is 0 Å². The number of hydrogen-bond acceptors (Lipinski definition) is 6. The van der Waals surface area contributed by atoms with Crippen molar-refractivity contribution in [3.63, 3.8) is 0 Å². The SMILES string of the molecule is O=C(COc1cnccn1)N/N=c1\scc(-c2ccccc2)n1-c1ccc(Cl)cc1. The molecular weight excluding hydrogens is 422 g/mol. The molecule has 0 bridgehead atoms. The second-order valence-electron chi connectivity index (χ2n) is 6.06. The van der Waals surface area contributed by atoms with Gasteiger partial charge in [-0.3, -0.25) is 14.3 Å². The Hall–Kier alpha value is -3.49. The van der Waals surface area contributed by atoms with Crippen molar-refractivity contribution in [2.24, 2.45) is 5.10 Å². The van der Waals surface area contributed by atoms with Crippen LogP contribution in [0.25, 0.3) is 16.9 Å². The van der Waals surface area contributed by atoms with Gasteiger partial charge in [-0.1, -0.05) is 41.9 Å². The summed E-state index contributed by atoms with van der Waals surface area (Å²) < 4.78 is 7.25. The number of hydrogen-bond donors (Lipinski definition) is 1. The summed E-state index contributed by atoms with van der Waals surface area (Å²) in [6, 6.07) is 17.4. The zero-order valence-corrected chi connectivity index (χ0v) is 17.2. The predicted octanol–water partition coefficient (Wildman–Crippen LogP) is 3.66. The van der Waals surface area contributed by atoms with E-state index in [0.29, 0.717) is 9.82 Å². The van der Waals surface area contributed by atoms with Crippen molar-refractivity contribution in [1.29, 1.82) is 0 Å². The molecule has 0 spiro atoms. The summed E-state index contributed by atoms with van der Waals surface area (Å²) in [6.45, 7) is -0.222. The first-order valence-electron chi connectivity index (χ1n) is 8.94. The molecule has 0 saturated carbocycles. The number of rotatable bonds is 6. The summed E-state index contributed by atoms with van der Waals surface area (Å²) in [6.07, 6.45) is 4.45. The first-order chi connectivity index (χ1) is 14.7. The quantitative estimate of drug-likeness (QED) is 0.467. The van der Waals surface area contributed by atoms with E-state index in [4.69, 9.17) is 16.3 Å². The first kappa shape index (κ1) is 19.8. The maximum atomic E-state index is 12.2. The molecule has 4 aromatic rings. The Morgan fingerprint density at radius 3 is 2.67 bits per heavy atom. The van der Waals surface area contributed by atoms with Crippen LogP contribution in [0.3, 0.4) is 0 Å². The highest BCUT2D eigenvalue weighted by molar-refractivity contribution is 7.07. The van der Waals surface area contributed by atoms with E-state index in [1.807, 2.05) is 64.5 Å². The molecule has 0 aliphatic carbocycles. The predicted molar refractivity (Wildman–Crippen MR) is 115 cm³/mol. The van der Waals surface area contributed by atoms with Gasteiger partial charge in [-0.05, 0) is 29.8 Å².